The molecular formula is C17H21N3O3S. The number of ketones is 1. The molecular weight excluding hydrogens is 326 g/mol. The molecule has 0 unspecified atom stereocenters. The van der Waals surface area contributed by atoms with Crippen molar-refractivity contribution in [2.24, 2.45) is 0 Å². The van der Waals surface area contributed by atoms with E-state index in [1.54, 1.807) is 12.1 Å². The molecule has 1 aliphatic heterocycles. The number of Topliss-reactive ketones (excluding diaryl/α,β-unsaturated/α-hetero) is 1. The Kier molecular flexibility index (Phi) is 4.82. The van der Waals surface area contributed by atoms with Crippen LogP contribution in [0.2, 0.25) is 0 Å². The normalized spacial score (nSPS) is 15.7. The predicted molar refractivity (Wildman–Crippen MR) is 91.5 cm³/mol. The molecule has 0 spiro atoms. The van der Waals surface area contributed by atoms with Gasteiger partial charge in [-0.15, -0.1) is 11.3 Å². The second kappa shape index (κ2) is 6.86. The summed E-state index contributed by atoms with van der Waals surface area (Å²) in [5.41, 5.74) is 2.07. The molecule has 24 heavy (non-hydrogen) atoms. The summed E-state index contributed by atoms with van der Waals surface area (Å²) in [6.45, 7) is 9.23. The molecule has 0 atom stereocenters. The summed E-state index contributed by atoms with van der Waals surface area (Å²) in [5.74, 6) is 0.883. The summed E-state index contributed by atoms with van der Waals surface area (Å²) in [4.78, 5) is 29.4. The van der Waals surface area contributed by atoms with Gasteiger partial charge in [-0.2, -0.15) is 0 Å². The molecule has 6 nitrogen and oxygen atoms in total. The third-order valence-corrected chi connectivity index (χ3v) is 5.56. The van der Waals surface area contributed by atoms with Crippen molar-refractivity contribution in [1.82, 2.24) is 15.0 Å². The van der Waals surface area contributed by atoms with Gasteiger partial charge in [0.2, 0.25) is 0 Å². The minimum atomic E-state index is 0.00308. The molecule has 3 heterocycles. The number of aromatic nitrogens is 1. The van der Waals surface area contributed by atoms with Crippen LogP contribution in [0.1, 0.15) is 43.3 Å². The molecule has 2 aromatic heterocycles. The lowest BCUT2D eigenvalue weighted by Gasteiger charge is -2.34. The first-order valence-corrected chi connectivity index (χ1v) is 8.81. The van der Waals surface area contributed by atoms with Gasteiger partial charge in [-0.05, 0) is 32.9 Å². The van der Waals surface area contributed by atoms with Gasteiger partial charge in [-0.1, -0.05) is 5.16 Å². The van der Waals surface area contributed by atoms with Crippen LogP contribution in [-0.2, 0) is 6.54 Å². The van der Waals surface area contributed by atoms with Crippen LogP contribution in [0, 0.1) is 13.8 Å². The van der Waals surface area contributed by atoms with E-state index in [0.29, 0.717) is 22.8 Å². The first kappa shape index (κ1) is 16.9. The van der Waals surface area contributed by atoms with E-state index in [2.05, 4.69) is 10.1 Å². The summed E-state index contributed by atoms with van der Waals surface area (Å²) in [5, 5.41) is 3.99. The molecule has 0 aliphatic carbocycles. The molecule has 0 aromatic carbocycles. The molecule has 7 heteroatoms. The third-order valence-electron chi connectivity index (χ3n) is 4.39. The van der Waals surface area contributed by atoms with Gasteiger partial charge < -0.3 is 9.42 Å². The monoisotopic (exact) mass is 347 g/mol. The highest BCUT2D eigenvalue weighted by Crippen LogP contribution is 2.21. The number of nitrogens with zero attached hydrogens (tertiary/aromatic N) is 3. The minimum absolute atomic E-state index is 0.00308. The third kappa shape index (κ3) is 3.42. The second-order valence-electron chi connectivity index (χ2n) is 6.09. The van der Waals surface area contributed by atoms with E-state index in [0.717, 1.165) is 36.7 Å². The van der Waals surface area contributed by atoms with E-state index in [1.807, 2.05) is 18.7 Å². The Morgan fingerprint density at radius 1 is 1.17 bits per heavy atom. The summed E-state index contributed by atoms with van der Waals surface area (Å²) in [6.07, 6.45) is 0. The molecule has 1 fully saturated rings. The number of hydrogen-bond acceptors (Lipinski definition) is 6. The van der Waals surface area contributed by atoms with Gasteiger partial charge >= 0.3 is 0 Å². The maximum atomic E-state index is 12.5. The van der Waals surface area contributed by atoms with Crippen LogP contribution in [0.3, 0.4) is 0 Å². The van der Waals surface area contributed by atoms with Crippen LogP contribution in [-0.4, -0.2) is 52.8 Å². The fourth-order valence-electron chi connectivity index (χ4n) is 2.86. The van der Waals surface area contributed by atoms with Crippen LogP contribution < -0.4 is 0 Å². The Morgan fingerprint density at radius 2 is 1.83 bits per heavy atom. The number of carbonyl (C=O) groups excluding carboxylic acids is 2. The molecule has 3 rings (SSSR count). The fourth-order valence-corrected chi connectivity index (χ4v) is 3.73. The van der Waals surface area contributed by atoms with Gasteiger partial charge in [0.1, 0.15) is 5.76 Å². The number of amides is 1. The van der Waals surface area contributed by atoms with E-state index in [4.69, 9.17) is 4.52 Å². The van der Waals surface area contributed by atoms with Crippen molar-refractivity contribution in [1.29, 1.82) is 0 Å². The standard InChI is InChI=1S/C17H21N3O3S/c1-11-14(13(3)23-18-11)10-19-6-8-20(9-7-19)17(22)16-5-4-15(24-16)12(2)21/h4-5H,6-10H2,1-3H3. The Hall–Kier alpha value is -1.99. The smallest absolute Gasteiger partial charge is 0.264 e. The van der Waals surface area contributed by atoms with Crippen molar-refractivity contribution in [2.45, 2.75) is 27.3 Å². The highest BCUT2D eigenvalue weighted by Gasteiger charge is 2.24. The second-order valence-corrected chi connectivity index (χ2v) is 7.17. The van der Waals surface area contributed by atoms with Crippen LogP contribution in [0.4, 0.5) is 0 Å². The van der Waals surface area contributed by atoms with Gasteiger partial charge in [-0.3, -0.25) is 14.5 Å². The highest BCUT2D eigenvalue weighted by atomic mass is 32.1. The number of aryl methyl sites for hydroxylation is 2. The van der Waals surface area contributed by atoms with Gasteiger partial charge in [0.15, 0.2) is 5.78 Å². The van der Waals surface area contributed by atoms with Gasteiger partial charge in [-0.25, -0.2) is 0 Å². The van der Waals surface area contributed by atoms with Crippen molar-refractivity contribution in [3.05, 3.63) is 38.9 Å². The first-order valence-electron chi connectivity index (χ1n) is 8.00. The molecule has 0 N–H and O–H groups in total. The number of carbonyl (C=O) groups is 2. The zero-order chi connectivity index (χ0) is 17.3. The van der Waals surface area contributed by atoms with Crippen molar-refractivity contribution in [2.75, 3.05) is 26.2 Å². The minimum Gasteiger partial charge on any atom is -0.361 e. The Bertz CT molecular complexity index is 737. The van der Waals surface area contributed by atoms with Crippen LogP contribution >= 0.6 is 11.3 Å². The Labute approximate surface area is 145 Å². The van der Waals surface area contributed by atoms with E-state index in [1.165, 1.54) is 18.3 Å². The molecule has 1 amide bonds. The Balaban J connectivity index is 1.58. The van der Waals surface area contributed by atoms with Crippen LogP contribution in [0.5, 0.6) is 0 Å². The van der Waals surface area contributed by atoms with Gasteiger partial charge in [0.25, 0.3) is 5.91 Å². The van der Waals surface area contributed by atoms with E-state index in [9.17, 15) is 9.59 Å². The average Bonchev–Trinajstić information content (AvgIpc) is 3.18. The van der Waals surface area contributed by atoms with Crippen LogP contribution in [0.15, 0.2) is 16.7 Å². The zero-order valence-corrected chi connectivity index (χ0v) is 15.0. The summed E-state index contributed by atoms with van der Waals surface area (Å²) in [7, 11) is 0. The average molecular weight is 347 g/mol. The lowest BCUT2D eigenvalue weighted by Crippen LogP contribution is -2.48. The predicted octanol–water partition coefficient (Wildman–Crippen LogP) is 2.51. The van der Waals surface area contributed by atoms with E-state index < -0.39 is 0 Å². The Morgan fingerprint density at radius 3 is 2.38 bits per heavy atom. The van der Waals surface area contributed by atoms with Crippen molar-refractivity contribution >= 4 is 23.0 Å². The number of piperazine rings is 1. The zero-order valence-electron chi connectivity index (χ0n) is 14.2. The molecule has 0 bridgehead atoms. The first-order chi connectivity index (χ1) is 11.5. The van der Waals surface area contributed by atoms with E-state index >= 15 is 0 Å². The molecule has 0 saturated carbocycles. The topological polar surface area (TPSA) is 66.7 Å². The van der Waals surface area contributed by atoms with Gasteiger partial charge in [0.05, 0.1) is 15.4 Å². The molecule has 1 aliphatic rings. The van der Waals surface area contributed by atoms with Crippen molar-refractivity contribution in [3.8, 4) is 0 Å². The highest BCUT2D eigenvalue weighted by molar-refractivity contribution is 7.15. The number of rotatable bonds is 4. The lowest BCUT2D eigenvalue weighted by atomic mass is 10.1. The molecule has 2 aromatic rings. The largest absolute Gasteiger partial charge is 0.361 e. The molecule has 128 valence electrons. The summed E-state index contributed by atoms with van der Waals surface area (Å²) in [6, 6.07) is 3.48. The van der Waals surface area contributed by atoms with Crippen LogP contribution in [0.25, 0.3) is 0 Å². The van der Waals surface area contributed by atoms with Crippen molar-refractivity contribution < 1.29 is 14.1 Å². The molecule has 1 saturated heterocycles. The number of thiophene rings is 1. The summed E-state index contributed by atoms with van der Waals surface area (Å²) < 4.78 is 5.21. The quantitative estimate of drug-likeness (QED) is 0.795. The van der Waals surface area contributed by atoms with Gasteiger partial charge in [0, 0.05) is 38.3 Å². The maximum Gasteiger partial charge on any atom is 0.264 e. The molecule has 0 radical (unpaired) electrons. The summed E-state index contributed by atoms with van der Waals surface area (Å²) >= 11 is 1.28. The fraction of sp³-hybridized carbons (Fsp3) is 0.471. The van der Waals surface area contributed by atoms with E-state index in [-0.39, 0.29) is 11.7 Å². The van der Waals surface area contributed by atoms with Crippen molar-refractivity contribution in [3.63, 3.8) is 0 Å². The maximum absolute atomic E-state index is 12.5. The lowest BCUT2D eigenvalue weighted by molar-refractivity contribution is 0.0632. The SMILES string of the molecule is CC(=O)c1ccc(C(=O)N2CCN(Cc3c(C)noc3C)CC2)s1. The number of hydrogen-bond donors (Lipinski definition) is 0.